The van der Waals surface area contributed by atoms with E-state index in [-0.39, 0.29) is 6.61 Å². The molecule has 124 valence electrons. The van der Waals surface area contributed by atoms with Gasteiger partial charge in [-0.25, -0.2) is 9.59 Å². The van der Waals surface area contributed by atoms with Crippen LogP contribution in [0, 0.1) is 0 Å². The number of carbonyl (C=O) groups excluding carboxylic acids is 2. The minimum absolute atomic E-state index is 0.139. The maximum absolute atomic E-state index is 10.4. The average molecular weight is 326 g/mol. The highest BCUT2D eigenvalue weighted by Gasteiger charge is 2.05. The summed E-state index contributed by atoms with van der Waals surface area (Å²) in [6.07, 6.45) is 3.05. The zero-order valence-corrected chi connectivity index (χ0v) is 13.2. The highest BCUT2D eigenvalue weighted by atomic mass is 16.3. The lowest BCUT2D eigenvalue weighted by molar-refractivity contribution is 0.110. The standard InChI is InChI=1S/C15H10N2O2.C3H8O2/c18-10-16-14-7-3-1-5-12(14)9-13-6-2-4-8-15(13)17-11-19;1-3(5)2-4/h1-8H,9H2;3-5H,2H2,1H3. The molecule has 0 spiro atoms. The predicted octanol–water partition coefficient (Wildman–Crippen LogP) is 2.57. The molecule has 2 rings (SSSR count). The van der Waals surface area contributed by atoms with Crippen molar-refractivity contribution in [2.45, 2.75) is 19.4 Å². The lowest BCUT2D eigenvalue weighted by Crippen LogP contribution is -2.03. The van der Waals surface area contributed by atoms with Crippen LogP contribution in [0.3, 0.4) is 0 Å². The molecule has 0 bridgehead atoms. The molecule has 6 nitrogen and oxygen atoms in total. The predicted molar refractivity (Wildman–Crippen MR) is 90.0 cm³/mol. The van der Waals surface area contributed by atoms with Gasteiger partial charge in [0.05, 0.1) is 24.1 Å². The molecule has 6 heteroatoms. The fourth-order valence-electron chi connectivity index (χ4n) is 1.84. The van der Waals surface area contributed by atoms with E-state index in [1.807, 2.05) is 24.3 Å². The van der Waals surface area contributed by atoms with E-state index in [0.717, 1.165) is 11.1 Å². The molecule has 0 fully saturated rings. The molecule has 1 atom stereocenters. The monoisotopic (exact) mass is 326 g/mol. The van der Waals surface area contributed by atoms with Gasteiger partial charge in [-0.2, -0.15) is 9.98 Å². The third kappa shape index (κ3) is 6.48. The van der Waals surface area contributed by atoms with Crippen LogP contribution in [-0.4, -0.2) is 35.1 Å². The molecule has 24 heavy (non-hydrogen) atoms. The number of aliphatic hydroxyl groups is 2. The minimum atomic E-state index is -0.560. The Kier molecular flexibility index (Phi) is 8.61. The Morgan fingerprint density at radius 3 is 1.62 bits per heavy atom. The third-order valence-electron chi connectivity index (χ3n) is 2.96. The van der Waals surface area contributed by atoms with Gasteiger partial charge in [0.1, 0.15) is 0 Å². The zero-order chi connectivity index (χ0) is 17.8. The first-order valence-corrected chi connectivity index (χ1v) is 7.22. The lowest BCUT2D eigenvalue weighted by atomic mass is 10.0. The van der Waals surface area contributed by atoms with E-state index in [0.29, 0.717) is 17.8 Å². The molecule has 0 aliphatic carbocycles. The molecule has 0 heterocycles. The quantitative estimate of drug-likeness (QED) is 0.651. The van der Waals surface area contributed by atoms with Crippen molar-refractivity contribution in [3.8, 4) is 0 Å². The van der Waals surface area contributed by atoms with Crippen molar-refractivity contribution in [3.05, 3.63) is 59.7 Å². The van der Waals surface area contributed by atoms with Crippen molar-refractivity contribution < 1.29 is 19.8 Å². The highest BCUT2D eigenvalue weighted by Crippen LogP contribution is 2.26. The van der Waals surface area contributed by atoms with Crippen molar-refractivity contribution in [3.63, 3.8) is 0 Å². The molecule has 0 saturated carbocycles. The number of hydrogen-bond acceptors (Lipinski definition) is 6. The maximum atomic E-state index is 10.4. The Balaban J connectivity index is 0.000000505. The van der Waals surface area contributed by atoms with Crippen molar-refractivity contribution >= 4 is 23.5 Å². The van der Waals surface area contributed by atoms with Crippen LogP contribution in [0.4, 0.5) is 11.4 Å². The smallest absolute Gasteiger partial charge is 0.240 e. The van der Waals surface area contributed by atoms with Gasteiger partial charge < -0.3 is 10.2 Å². The van der Waals surface area contributed by atoms with Crippen LogP contribution in [-0.2, 0) is 16.0 Å². The minimum Gasteiger partial charge on any atom is -0.394 e. The molecule has 2 N–H and O–H groups in total. The van der Waals surface area contributed by atoms with Crippen LogP contribution >= 0.6 is 0 Å². The molecule has 0 amide bonds. The number of isocyanates is 2. The summed E-state index contributed by atoms with van der Waals surface area (Å²) >= 11 is 0. The Labute approximate surface area is 139 Å². The molecular formula is C18H18N2O4. The van der Waals surface area contributed by atoms with Crippen LogP contribution in [0.15, 0.2) is 58.5 Å². The molecule has 1 unspecified atom stereocenters. The highest BCUT2D eigenvalue weighted by molar-refractivity contribution is 5.59. The van der Waals surface area contributed by atoms with Gasteiger partial charge in [0.25, 0.3) is 0 Å². The van der Waals surface area contributed by atoms with Gasteiger partial charge in [-0.1, -0.05) is 36.4 Å². The molecule has 2 aromatic carbocycles. The van der Waals surface area contributed by atoms with E-state index in [1.54, 1.807) is 24.3 Å². The second-order valence-corrected chi connectivity index (χ2v) is 4.87. The molecule has 0 aromatic heterocycles. The van der Waals surface area contributed by atoms with Crippen LogP contribution in [0.25, 0.3) is 0 Å². The van der Waals surface area contributed by atoms with Crippen LogP contribution in [0.2, 0.25) is 0 Å². The molecule has 0 radical (unpaired) electrons. The van der Waals surface area contributed by atoms with Crippen molar-refractivity contribution in [1.82, 2.24) is 0 Å². The van der Waals surface area contributed by atoms with E-state index >= 15 is 0 Å². The van der Waals surface area contributed by atoms with Gasteiger partial charge in [0, 0.05) is 6.42 Å². The van der Waals surface area contributed by atoms with Gasteiger partial charge in [-0.3, -0.25) is 0 Å². The second-order valence-electron chi connectivity index (χ2n) is 4.87. The molecule has 0 saturated heterocycles. The van der Waals surface area contributed by atoms with Gasteiger partial charge in [0.2, 0.25) is 12.2 Å². The van der Waals surface area contributed by atoms with E-state index < -0.39 is 6.10 Å². The van der Waals surface area contributed by atoms with Crippen LogP contribution < -0.4 is 0 Å². The number of nitrogens with zero attached hydrogens (tertiary/aromatic N) is 2. The molecule has 0 aliphatic rings. The SMILES string of the molecule is CC(O)CO.O=C=Nc1ccccc1Cc1ccccc1N=C=O. The summed E-state index contributed by atoms with van der Waals surface area (Å²) in [5, 5.41) is 16.0. The number of para-hydroxylation sites is 2. The van der Waals surface area contributed by atoms with E-state index in [4.69, 9.17) is 10.2 Å². The Hall–Kier alpha value is -2.88. The summed E-state index contributed by atoms with van der Waals surface area (Å²) in [5.74, 6) is 0. The van der Waals surface area contributed by atoms with Crippen LogP contribution in [0.1, 0.15) is 18.1 Å². The van der Waals surface area contributed by atoms with Gasteiger partial charge in [-0.05, 0) is 30.2 Å². The molecule has 2 aromatic rings. The summed E-state index contributed by atoms with van der Waals surface area (Å²) in [6.45, 7) is 1.39. The van der Waals surface area contributed by atoms with Gasteiger partial charge >= 0.3 is 0 Å². The summed E-state index contributed by atoms with van der Waals surface area (Å²) in [4.78, 5) is 28.1. The van der Waals surface area contributed by atoms with Gasteiger partial charge in [0.15, 0.2) is 0 Å². The normalized spacial score (nSPS) is 10.5. The fraction of sp³-hybridized carbons (Fsp3) is 0.222. The lowest BCUT2D eigenvalue weighted by Gasteiger charge is -2.06. The van der Waals surface area contributed by atoms with E-state index in [2.05, 4.69) is 9.98 Å². The van der Waals surface area contributed by atoms with Crippen LogP contribution in [0.5, 0.6) is 0 Å². The van der Waals surface area contributed by atoms with Crippen molar-refractivity contribution in [2.75, 3.05) is 6.61 Å². The maximum Gasteiger partial charge on any atom is 0.240 e. The number of hydrogen-bond donors (Lipinski definition) is 2. The van der Waals surface area contributed by atoms with Crippen molar-refractivity contribution in [2.24, 2.45) is 9.98 Å². The number of aliphatic imine (C=N–C) groups is 2. The first-order valence-electron chi connectivity index (χ1n) is 7.22. The zero-order valence-electron chi connectivity index (χ0n) is 13.2. The first kappa shape index (κ1) is 19.2. The largest absolute Gasteiger partial charge is 0.394 e. The number of aliphatic hydroxyl groups excluding tert-OH is 2. The summed E-state index contributed by atoms with van der Waals surface area (Å²) in [5.41, 5.74) is 2.89. The Morgan fingerprint density at radius 1 is 0.917 bits per heavy atom. The summed E-state index contributed by atoms with van der Waals surface area (Å²) in [6, 6.07) is 14.6. The first-order chi connectivity index (χ1) is 11.6. The summed E-state index contributed by atoms with van der Waals surface area (Å²) in [7, 11) is 0. The second kappa shape index (κ2) is 10.8. The topological polar surface area (TPSA) is 99.3 Å². The van der Waals surface area contributed by atoms with E-state index in [1.165, 1.54) is 19.1 Å². The average Bonchev–Trinajstić information content (AvgIpc) is 2.59. The summed E-state index contributed by atoms with van der Waals surface area (Å²) < 4.78 is 0. The fourth-order valence-corrected chi connectivity index (χ4v) is 1.84. The molecule has 0 aliphatic heterocycles. The number of rotatable bonds is 5. The van der Waals surface area contributed by atoms with Crippen molar-refractivity contribution in [1.29, 1.82) is 0 Å². The Morgan fingerprint density at radius 2 is 1.29 bits per heavy atom. The molecular weight excluding hydrogens is 308 g/mol. The Bertz CT molecular complexity index is 687. The van der Waals surface area contributed by atoms with Gasteiger partial charge in [-0.15, -0.1) is 0 Å². The number of benzene rings is 2. The third-order valence-corrected chi connectivity index (χ3v) is 2.96. The van der Waals surface area contributed by atoms with E-state index in [9.17, 15) is 9.59 Å².